The fraction of sp³-hybridized carbons (Fsp3) is 0.143. The van der Waals surface area contributed by atoms with Gasteiger partial charge in [0.1, 0.15) is 0 Å². The molecule has 2 aromatic rings. The molecule has 2 rings (SSSR count). The minimum atomic E-state index is -2.25. The molecule has 3 nitrogen and oxygen atoms in total. The topological polar surface area (TPSA) is 45.9 Å². The maximum atomic E-state index is 13.8. The third-order valence-electron chi connectivity index (χ3n) is 2.88. The lowest BCUT2D eigenvalue weighted by molar-refractivity contribution is 0.381. The summed E-state index contributed by atoms with van der Waals surface area (Å²) in [6, 6.07) is 3.97. The molecule has 0 atom stereocenters. The molecule has 0 N–H and O–H groups in total. The highest BCUT2D eigenvalue weighted by molar-refractivity contribution is 5.68. The Morgan fingerprint density at radius 3 is 2.05 bits per heavy atom. The first-order valence-corrected chi connectivity index (χ1v) is 5.85. The number of hydrogen-bond donors (Lipinski definition) is 0. The molecule has 0 bridgehead atoms. The fourth-order valence-corrected chi connectivity index (χ4v) is 1.87. The van der Waals surface area contributed by atoms with Crippen molar-refractivity contribution in [2.45, 2.75) is 6.42 Å². The molecule has 0 aliphatic heterocycles. The van der Waals surface area contributed by atoms with E-state index in [0.717, 1.165) is 6.07 Å². The average Bonchev–Trinajstić information content (AvgIpc) is 2.52. The summed E-state index contributed by atoms with van der Waals surface area (Å²) in [6.07, 6.45) is -0.397. The van der Waals surface area contributed by atoms with Crippen LogP contribution in [0.25, 0.3) is 11.1 Å². The van der Waals surface area contributed by atoms with Crippen LogP contribution in [-0.2, 0) is 6.42 Å². The first-order valence-electron chi connectivity index (χ1n) is 5.85. The van der Waals surface area contributed by atoms with E-state index in [1.54, 1.807) is 6.07 Å². The summed E-state index contributed by atoms with van der Waals surface area (Å²) in [5.74, 6) is -10.3. The Kier molecular flexibility index (Phi) is 4.26. The van der Waals surface area contributed by atoms with E-state index in [-0.39, 0.29) is 17.1 Å². The summed E-state index contributed by atoms with van der Waals surface area (Å²) >= 11 is 0. The molecule has 0 saturated carbocycles. The molecule has 0 amide bonds. The van der Waals surface area contributed by atoms with E-state index in [0.29, 0.717) is 0 Å². The Morgan fingerprint density at radius 1 is 1.00 bits per heavy atom. The van der Waals surface area contributed by atoms with Crippen LogP contribution in [0.15, 0.2) is 12.1 Å². The van der Waals surface area contributed by atoms with Crippen LogP contribution < -0.4 is 4.74 Å². The largest absolute Gasteiger partial charge is 0.481 e. The summed E-state index contributed by atoms with van der Waals surface area (Å²) in [5.41, 5.74) is -1.66. The van der Waals surface area contributed by atoms with Crippen molar-refractivity contribution in [2.75, 3.05) is 7.11 Å². The molecule has 0 spiro atoms. The van der Waals surface area contributed by atoms with Gasteiger partial charge in [-0.2, -0.15) is 5.26 Å². The highest BCUT2D eigenvalue weighted by Gasteiger charge is 2.28. The van der Waals surface area contributed by atoms with E-state index in [2.05, 4.69) is 4.98 Å². The van der Waals surface area contributed by atoms with E-state index in [4.69, 9.17) is 10.00 Å². The standard InChI is InChI=1S/C14H7F5N2O/c1-22-8-3-2-6(7(21-8)4-5-20)9-10(15)12(17)14(19)13(18)11(9)16/h2-3H,4H2,1H3. The molecule has 0 aliphatic carbocycles. The molecule has 114 valence electrons. The van der Waals surface area contributed by atoms with Gasteiger partial charge in [-0.15, -0.1) is 0 Å². The van der Waals surface area contributed by atoms with Crippen molar-refractivity contribution in [2.24, 2.45) is 0 Å². The van der Waals surface area contributed by atoms with Gasteiger partial charge in [0, 0.05) is 11.6 Å². The second kappa shape index (κ2) is 5.97. The van der Waals surface area contributed by atoms with Crippen LogP contribution in [-0.4, -0.2) is 12.1 Å². The van der Waals surface area contributed by atoms with Gasteiger partial charge in [-0.05, 0) is 6.07 Å². The summed E-state index contributed by atoms with van der Waals surface area (Å²) in [4.78, 5) is 3.80. The zero-order valence-electron chi connectivity index (χ0n) is 11.1. The minimum Gasteiger partial charge on any atom is -0.481 e. The van der Waals surface area contributed by atoms with E-state index in [1.165, 1.54) is 13.2 Å². The van der Waals surface area contributed by atoms with E-state index >= 15 is 0 Å². The highest BCUT2D eigenvalue weighted by atomic mass is 19.2. The van der Waals surface area contributed by atoms with Gasteiger partial charge >= 0.3 is 0 Å². The van der Waals surface area contributed by atoms with E-state index in [9.17, 15) is 22.0 Å². The molecule has 0 fully saturated rings. The first-order chi connectivity index (χ1) is 10.4. The van der Waals surface area contributed by atoms with Gasteiger partial charge < -0.3 is 4.74 Å². The second-order valence-corrected chi connectivity index (χ2v) is 4.13. The van der Waals surface area contributed by atoms with Crippen LogP contribution >= 0.6 is 0 Å². The van der Waals surface area contributed by atoms with Gasteiger partial charge in [-0.1, -0.05) is 0 Å². The third-order valence-corrected chi connectivity index (χ3v) is 2.88. The van der Waals surface area contributed by atoms with Crippen molar-refractivity contribution in [3.05, 3.63) is 46.9 Å². The van der Waals surface area contributed by atoms with Crippen LogP contribution in [0.3, 0.4) is 0 Å². The number of pyridine rings is 1. The van der Waals surface area contributed by atoms with Gasteiger partial charge in [-0.3, -0.25) is 0 Å². The van der Waals surface area contributed by atoms with Crippen molar-refractivity contribution in [3.63, 3.8) is 0 Å². The average molecular weight is 314 g/mol. The van der Waals surface area contributed by atoms with Gasteiger partial charge in [0.15, 0.2) is 23.3 Å². The number of rotatable bonds is 3. The van der Waals surface area contributed by atoms with E-state index < -0.39 is 41.1 Å². The normalized spacial score (nSPS) is 10.4. The number of nitriles is 1. The Bertz CT molecular complexity index is 757. The predicted molar refractivity (Wildman–Crippen MR) is 65.3 cm³/mol. The van der Waals surface area contributed by atoms with Crippen LogP contribution in [0, 0.1) is 40.4 Å². The summed E-state index contributed by atoms with van der Waals surface area (Å²) in [7, 11) is 1.27. The lowest BCUT2D eigenvalue weighted by Gasteiger charge is -2.12. The van der Waals surface area contributed by atoms with Gasteiger partial charge in [0.05, 0.1) is 30.9 Å². The number of benzene rings is 1. The monoisotopic (exact) mass is 314 g/mol. The zero-order valence-corrected chi connectivity index (χ0v) is 11.1. The molecule has 0 radical (unpaired) electrons. The summed E-state index contributed by atoms with van der Waals surface area (Å²) in [6.45, 7) is 0. The van der Waals surface area contributed by atoms with Crippen molar-refractivity contribution < 1.29 is 26.7 Å². The van der Waals surface area contributed by atoms with Gasteiger partial charge in [-0.25, -0.2) is 26.9 Å². The molecule has 0 unspecified atom stereocenters. The fourth-order valence-electron chi connectivity index (χ4n) is 1.87. The van der Waals surface area contributed by atoms with Gasteiger partial charge in [0.2, 0.25) is 11.7 Å². The van der Waals surface area contributed by atoms with E-state index in [1.807, 2.05) is 0 Å². The summed E-state index contributed by atoms with van der Waals surface area (Å²) in [5, 5.41) is 8.72. The maximum Gasteiger partial charge on any atom is 0.213 e. The van der Waals surface area contributed by atoms with Crippen LogP contribution in [0.2, 0.25) is 0 Å². The number of hydrogen-bond acceptors (Lipinski definition) is 3. The zero-order chi connectivity index (χ0) is 16.4. The van der Waals surface area contributed by atoms with Crippen molar-refractivity contribution in [1.82, 2.24) is 4.98 Å². The Balaban J connectivity index is 2.80. The number of nitrogens with zero attached hydrogens (tertiary/aromatic N) is 2. The predicted octanol–water partition coefficient (Wildman–Crippen LogP) is 3.52. The lowest BCUT2D eigenvalue weighted by Crippen LogP contribution is -2.06. The number of halogens is 5. The lowest BCUT2D eigenvalue weighted by atomic mass is 10.0. The van der Waals surface area contributed by atoms with Gasteiger partial charge in [0.25, 0.3) is 0 Å². The van der Waals surface area contributed by atoms with Crippen LogP contribution in [0.4, 0.5) is 22.0 Å². The third kappa shape index (κ3) is 2.45. The first kappa shape index (κ1) is 15.7. The Morgan fingerprint density at radius 2 is 1.55 bits per heavy atom. The van der Waals surface area contributed by atoms with Crippen LogP contribution in [0.5, 0.6) is 5.88 Å². The molecule has 1 heterocycles. The number of aromatic nitrogens is 1. The maximum absolute atomic E-state index is 13.8. The highest BCUT2D eigenvalue weighted by Crippen LogP contribution is 2.33. The van der Waals surface area contributed by atoms with Crippen molar-refractivity contribution >= 4 is 0 Å². The molecule has 0 saturated heterocycles. The molecule has 1 aromatic heterocycles. The second-order valence-electron chi connectivity index (χ2n) is 4.13. The smallest absolute Gasteiger partial charge is 0.213 e. The van der Waals surface area contributed by atoms with Crippen LogP contribution in [0.1, 0.15) is 5.69 Å². The van der Waals surface area contributed by atoms with Crippen molar-refractivity contribution in [1.29, 1.82) is 5.26 Å². The molecule has 1 aromatic carbocycles. The number of methoxy groups -OCH3 is 1. The molecular formula is C14H7F5N2O. The SMILES string of the molecule is COc1ccc(-c2c(F)c(F)c(F)c(F)c2F)c(CC#N)n1. The quantitative estimate of drug-likeness (QED) is 0.495. The molecule has 8 heteroatoms. The molecular weight excluding hydrogens is 307 g/mol. The Hall–Kier alpha value is -2.69. The van der Waals surface area contributed by atoms with Crippen molar-refractivity contribution in [3.8, 4) is 23.1 Å². The Labute approximate surface area is 121 Å². The molecule has 0 aliphatic rings. The molecule has 22 heavy (non-hydrogen) atoms. The minimum absolute atomic E-state index is 0.0397. The summed E-state index contributed by atoms with van der Waals surface area (Å²) < 4.78 is 72.1. The number of ether oxygens (including phenoxy) is 1.